The monoisotopic (exact) mass is 293 g/mol. The van der Waals surface area contributed by atoms with Gasteiger partial charge in [-0.3, -0.25) is 9.69 Å². The Morgan fingerprint density at radius 2 is 2.24 bits per heavy atom. The molecule has 21 heavy (non-hydrogen) atoms. The highest BCUT2D eigenvalue weighted by Gasteiger charge is 2.52. The van der Waals surface area contributed by atoms with Crippen LogP contribution in [0.15, 0.2) is 18.2 Å². The summed E-state index contributed by atoms with van der Waals surface area (Å²) in [6, 6.07) is 4.18. The Hall–Kier alpha value is -2.15. The summed E-state index contributed by atoms with van der Waals surface area (Å²) in [7, 11) is 1.37. The smallest absolute Gasteiger partial charge is 0.325 e. The number of benzene rings is 1. The zero-order valence-electron chi connectivity index (χ0n) is 11.6. The first-order valence-corrected chi connectivity index (χ1v) is 6.73. The Kier molecular flexibility index (Phi) is 3.29. The lowest BCUT2D eigenvalue weighted by atomic mass is 9.99. The van der Waals surface area contributed by atoms with E-state index in [1.807, 2.05) is 0 Å². The van der Waals surface area contributed by atoms with Crippen LogP contribution in [0.4, 0.5) is 9.18 Å². The standard InChI is InChI=1S/C14H16FN3O3/c1-21-10-4-2-3-9(11(10)15)7-18-12(19)14(17-13(18)20)5-6-16-8-14/h2-4,16H,5-8H2,1H3,(H,17,20). The number of carbonyl (C=O) groups excluding carboxylic acids is 2. The number of hydrogen-bond acceptors (Lipinski definition) is 4. The van der Waals surface area contributed by atoms with Crippen molar-refractivity contribution in [1.29, 1.82) is 0 Å². The van der Waals surface area contributed by atoms with Gasteiger partial charge < -0.3 is 15.4 Å². The molecule has 1 atom stereocenters. The second-order valence-corrected chi connectivity index (χ2v) is 5.26. The van der Waals surface area contributed by atoms with Gasteiger partial charge in [-0.25, -0.2) is 9.18 Å². The van der Waals surface area contributed by atoms with Crippen molar-refractivity contribution in [3.63, 3.8) is 0 Å². The highest BCUT2D eigenvalue weighted by Crippen LogP contribution is 2.27. The van der Waals surface area contributed by atoms with E-state index in [0.717, 1.165) is 4.90 Å². The van der Waals surface area contributed by atoms with Gasteiger partial charge in [-0.15, -0.1) is 0 Å². The predicted molar refractivity (Wildman–Crippen MR) is 72.3 cm³/mol. The van der Waals surface area contributed by atoms with Crippen LogP contribution in [-0.2, 0) is 11.3 Å². The first kappa shape index (κ1) is 13.8. The SMILES string of the molecule is COc1cccc(CN2C(=O)NC3(CCNC3)C2=O)c1F. The summed E-state index contributed by atoms with van der Waals surface area (Å²) in [6.45, 7) is 0.984. The maximum Gasteiger partial charge on any atom is 0.325 e. The largest absolute Gasteiger partial charge is 0.494 e. The third-order valence-electron chi connectivity index (χ3n) is 3.99. The Labute approximate surface area is 121 Å². The zero-order valence-corrected chi connectivity index (χ0v) is 11.6. The topological polar surface area (TPSA) is 70.7 Å². The summed E-state index contributed by atoms with van der Waals surface area (Å²) < 4.78 is 19.1. The fourth-order valence-electron chi connectivity index (χ4n) is 2.81. The summed E-state index contributed by atoms with van der Waals surface area (Å²) in [5, 5.41) is 5.78. The molecule has 0 bridgehead atoms. The van der Waals surface area contributed by atoms with Crippen molar-refractivity contribution in [2.75, 3.05) is 20.2 Å². The average Bonchev–Trinajstić information content (AvgIpc) is 3.02. The van der Waals surface area contributed by atoms with Gasteiger partial charge in [0, 0.05) is 12.1 Å². The highest BCUT2D eigenvalue weighted by molar-refractivity contribution is 6.07. The van der Waals surface area contributed by atoms with Crippen molar-refractivity contribution in [3.05, 3.63) is 29.6 Å². The van der Waals surface area contributed by atoms with Crippen molar-refractivity contribution in [3.8, 4) is 5.75 Å². The van der Waals surface area contributed by atoms with E-state index >= 15 is 0 Å². The second kappa shape index (κ2) is 5.00. The van der Waals surface area contributed by atoms with Gasteiger partial charge in [-0.2, -0.15) is 0 Å². The fraction of sp³-hybridized carbons (Fsp3) is 0.429. The molecule has 0 aromatic heterocycles. The molecule has 2 aliphatic rings. The molecule has 1 unspecified atom stereocenters. The molecule has 0 aliphatic carbocycles. The van der Waals surface area contributed by atoms with Crippen LogP contribution >= 0.6 is 0 Å². The number of carbonyl (C=O) groups is 2. The molecule has 3 amide bonds. The number of methoxy groups -OCH3 is 1. The molecule has 1 aromatic carbocycles. The minimum atomic E-state index is -0.869. The van der Waals surface area contributed by atoms with Crippen LogP contribution in [-0.4, -0.2) is 42.6 Å². The van der Waals surface area contributed by atoms with E-state index in [1.165, 1.54) is 19.2 Å². The molecule has 2 heterocycles. The number of amides is 3. The summed E-state index contributed by atoms with van der Waals surface area (Å²) in [6.07, 6.45) is 0.550. The van der Waals surface area contributed by atoms with Gasteiger partial charge in [0.2, 0.25) is 0 Å². The van der Waals surface area contributed by atoms with E-state index in [0.29, 0.717) is 19.5 Å². The Bertz CT molecular complexity index is 599. The molecule has 2 saturated heterocycles. The van der Waals surface area contributed by atoms with Crippen molar-refractivity contribution in [2.24, 2.45) is 0 Å². The van der Waals surface area contributed by atoms with E-state index in [2.05, 4.69) is 10.6 Å². The molecule has 2 aliphatic heterocycles. The molecule has 0 saturated carbocycles. The second-order valence-electron chi connectivity index (χ2n) is 5.26. The molecule has 2 N–H and O–H groups in total. The van der Waals surface area contributed by atoms with Gasteiger partial charge in [-0.1, -0.05) is 12.1 Å². The lowest BCUT2D eigenvalue weighted by Crippen LogP contribution is -2.48. The molecule has 6 nitrogen and oxygen atoms in total. The van der Waals surface area contributed by atoms with Gasteiger partial charge in [0.25, 0.3) is 5.91 Å². The minimum absolute atomic E-state index is 0.0943. The quantitative estimate of drug-likeness (QED) is 0.802. The normalized spacial score (nSPS) is 24.8. The first-order chi connectivity index (χ1) is 10.1. The van der Waals surface area contributed by atoms with Crippen LogP contribution in [0.5, 0.6) is 5.75 Å². The molecule has 112 valence electrons. The van der Waals surface area contributed by atoms with Crippen molar-refractivity contribution in [1.82, 2.24) is 15.5 Å². The molecule has 7 heteroatoms. The van der Waals surface area contributed by atoms with Crippen LogP contribution in [0, 0.1) is 5.82 Å². The first-order valence-electron chi connectivity index (χ1n) is 6.73. The Balaban J connectivity index is 1.85. The summed E-state index contributed by atoms with van der Waals surface area (Å²) in [5.74, 6) is -0.761. The van der Waals surface area contributed by atoms with E-state index in [-0.39, 0.29) is 23.8 Å². The lowest BCUT2D eigenvalue weighted by molar-refractivity contribution is -0.131. The van der Waals surface area contributed by atoms with Crippen molar-refractivity contribution >= 4 is 11.9 Å². The van der Waals surface area contributed by atoms with Gasteiger partial charge in [0.05, 0.1) is 13.7 Å². The third-order valence-corrected chi connectivity index (χ3v) is 3.99. The van der Waals surface area contributed by atoms with Gasteiger partial charge in [0.1, 0.15) is 5.54 Å². The zero-order chi connectivity index (χ0) is 15.0. The van der Waals surface area contributed by atoms with Crippen LogP contribution in [0.2, 0.25) is 0 Å². The maximum absolute atomic E-state index is 14.1. The fourth-order valence-corrected chi connectivity index (χ4v) is 2.81. The number of nitrogens with one attached hydrogen (secondary N) is 2. The van der Waals surface area contributed by atoms with Crippen molar-refractivity contribution in [2.45, 2.75) is 18.5 Å². The summed E-state index contributed by atoms with van der Waals surface area (Å²) in [4.78, 5) is 25.5. The van der Waals surface area contributed by atoms with Crippen molar-refractivity contribution < 1.29 is 18.7 Å². The summed E-state index contributed by atoms with van der Waals surface area (Å²) >= 11 is 0. The van der Waals surface area contributed by atoms with Crippen LogP contribution < -0.4 is 15.4 Å². The van der Waals surface area contributed by atoms with Gasteiger partial charge >= 0.3 is 6.03 Å². The number of hydrogen-bond donors (Lipinski definition) is 2. The number of rotatable bonds is 3. The number of urea groups is 1. The number of nitrogens with zero attached hydrogens (tertiary/aromatic N) is 1. The van der Waals surface area contributed by atoms with Crippen LogP contribution in [0.3, 0.4) is 0 Å². The molecule has 1 aromatic rings. The number of halogens is 1. The van der Waals surface area contributed by atoms with Crippen LogP contribution in [0.1, 0.15) is 12.0 Å². The molecule has 0 radical (unpaired) electrons. The van der Waals surface area contributed by atoms with E-state index in [4.69, 9.17) is 4.74 Å². The Morgan fingerprint density at radius 3 is 2.90 bits per heavy atom. The van der Waals surface area contributed by atoms with Gasteiger partial charge in [0.15, 0.2) is 11.6 Å². The molecule has 1 spiro atoms. The van der Waals surface area contributed by atoms with E-state index < -0.39 is 17.4 Å². The molecule has 2 fully saturated rings. The van der Waals surface area contributed by atoms with E-state index in [1.54, 1.807) is 6.07 Å². The van der Waals surface area contributed by atoms with E-state index in [9.17, 15) is 14.0 Å². The van der Waals surface area contributed by atoms with Gasteiger partial charge in [-0.05, 0) is 19.0 Å². The molecular weight excluding hydrogens is 277 g/mol. The highest BCUT2D eigenvalue weighted by atomic mass is 19.1. The number of ether oxygens (including phenoxy) is 1. The third kappa shape index (κ3) is 2.13. The number of imide groups is 1. The van der Waals surface area contributed by atoms with Crippen LogP contribution in [0.25, 0.3) is 0 Å². The minimum Gasteiger partial charge on any atom is -0.494 e. The predicted octanol–water partition coefficient (Wildman–Crippen LogP) is 0.618. The Morgan fingerprint density at radius 1 is 1.43 bits per heavy atom. The average molecular weight is 293 g/mol. The summed E-state index contributed by atoms with van der Waals surface area (Å²) in [5.41, 5.74) is -0.618. The lowest BCUT2D eigenvalue weighted by Gasteiger charge is -2.19. The molecular formula is C14H16FN3O3. The maximum atomic E-state index is 14.1. The molecule has 3 rings (SSSR count).